The zero-order valence-electron chi connectivity index (χ0n) is 10.3. The molecule has 1 unspecified atom stereocenters. The molecule has 0 saturated carbocycles. The van der Waals surface area contributed by atoms with Crippen molar-refractivity contribution in [1.29, 1.82) is 0 Å². The zero-order valence-corrected chi connectivity index (χ0v) is 10.3. The fourth-order valence-corrected chi connectivity index (χ4v) is 1.29. The summed E-state index contributed by atoms with van der Waals surface area (Å²) in [5.41, 5.74) is -0.332. The number of carboxylic acids is 2. The molecule has 2 N–H and O–H groups in total. The summed E-state index contributed by atoms with van der Waals surface area (Å²) in [5.74, 6) is -4.99. The van der Waals surface area contributed by atoms with Gasteiger partial charge in [-0.2, -0.15) is 0 Å². The number of hydrogen-bond acceptors (Lipinski definition) is 4. The number of esters is 1. The molecule has 0 aromatic carbocycles. The van der Waals surface area contributed by atoms with Crippen LogP contribution in [-0.4, -0.2) is 34.7 Å². The Morgan fingerprint density at radius 1 is 1.22 bits per heavy atom. The summed E-state index contributed by atoms with van der Waals surface area (Å²) in [6, 6.07) is 0. The van der Waals surface area contributed by atoms with Gasteiger partial charge in [0.2, 0.25) is 0 Å². The second-order valence-corrected chi connectivity index (χ2v) is 3.86. The van der Waals surface area contributed by atoms with Gasteiger partial charge in [-0.15, -0.1) is 0 Å². The molecule has 0 rings (SSSR count). The average molecular weight is 258 g/mol. The maximum atomic E-state index is 11.5. The molecule has 0 aromatic rings. The van der Waals surface area contributed by atoms with E-state index in [1.807, 2.05) is 6.92 Å². The summed E-state index contributed by atoms with van der Waals surface area (Å²) in [5, 5.41) is 17.4. The predicted molar refractivity (Wildman–Crippen MR) is 63.0 cm³/mol. The fraction of sp³-hybridized carbons (Fsp3) is 0.583. The van der Waals surface area contributed by atoms with Crippen molar-refractivity contribution in [1.82, 2.24) is 0 Å². The van der Waals surface area contributed by atoms with E-state index in [1.54, 1.807) is 0 Å². The number of carbonyl (C=O) groups is 3. The van der Waals surface area contributed by atoms with Gasteiger partial charge in [-0.3, -0.25) is 9.59 Å². The van der Waals surface area contributed by atoms with Crippen LogP contribution in [0.15, 0.2) is 12.2 Å². The Hall–Kier alpha value is -1.85. The first-order valence-corrected chi connectivity index (χ1v) is 5.70. The molecule has 0 aromatic heterocycles. The molecule has 0 aliphatic rings. The predicted octanol–water partition coefficient (Wildman–Crippen LogP) is 1.45. The fourth-order valence-electron chi connectivity index (χ4n) is 1.29. The summed E-state index contributed by atoms with van der Waals surface area (Å²) in [6.07, 6.45) is 1.87. The van der Waals surface area contributed by atoms with Crippen LogP contribution in [-0.2, 0) is 19.1 Å². The highest BCUT2D eigenvalue weighted by atomic mass is 16.5. The Kier molecular flexibility index (Phi) is 7.42. The molecule has 0 spiro atoms. The van der Waals surface area contributed by atoms with Gasteiger partial charge in [-0.1, -0.05) is 26.3 Å². The second-order valence-electron chi connectivity index (χ2n) is 3.86. The Bertz CT molecular complexity index is 333. The van der Waals surface area contributed by atoms with Crippen LogP contribution < -0.4 is 0 Å². The highest BCUT2D eigenvalue weighted by Crippen LogP contribution is 2.16. The first-order valence-electron chi connectivity index (χ1n) is 5.70. The Morgan fingerprint density at radius 2 is 1.83 bits per heavy atom. The lowest BCUT2D eigenvalue weighted by Gasteiger charge is -2.12. The Morgan fingerprint density at radius 3 is 2.28 bits per heavy atom. The third-order valence-corrected chi connectivity index (χ3v) is 2.34. The van der Waals surface area contributed by atoms with Crippen LogP contribution in [0.25, 0.3) is 0 Å². The molecule has 0 bridgehead atoms. The van der Waals surface area contributed by atoms with Gasteiger partial charge in [-0.25, -0.2) is 4.79 Å². The molecule has 1 atom stereocenters. The van der Waals surface area contributed by atoms with Crippen molar-refractivity contribution in [2.75, 3.05) is 6.61 Å². The first kappa shape index (κ1) is 16.1. The number of carbonyl (C=O) groups excluding carboxylic acids is 1. The minimum atomic E-state index is -1.44. The molecular formula is C12H18O6. The third kappa shape index (κ3) is 6.03. The van der Waals surface area contributed by atoms with Crippen LogP contribution in [0.2, 0.25) is 0 Å². The Labute approximate surface area is 105 Å². The van der Waals surface area contributed by atoms with Crippen molar-refractivity contribution < 1.29 is 29.3 Å². The van der Waals surface area contributed by atoms with Gasteiger partial charge in [0.15, 0.2) is 0 Å². The number of rotatable bonds is 9. The largest absolute Gasteiger partial charge is 0.481 e. The molecule has 0 aliphatic carbocycles. The van der Waals surface area contributed by atoms with Crippen LogP contribution in [0.1, 0.15) is 32.6 Å². The maximum Gasteiger partial charge on any atom is 0.334 e. The van der Waals surface area contributed by atoms with E-state index in [2.05, 4.69) is 6.58 Å². The minimum Gasteiger partial charge on any atom is -0.481 e. The van der Waals surface area contributed by atoms with E-state index in [9.17, 15) is 14.4 Å². The number of carboxylic acid groups (broad SMARTS) is 2. The van der Waals surface area contributed by atoms with Gasteiger partial charge in [0.05, 0.1) is 18.9 Å². The molecule has 102 valence electrons. The molecule has 0 heterocycles. The van der Waals surface area contributed by atoms with Gasteiger partial charge >= 0.3 is 17.9 Å². The monoisotopic (exact) mass is 258 g/mol. The number of ether oxygens (including phenoxy) is 1. The SMILES string of the molecule is C=C(C(=O)OCCCCC)C(CC(=O)O)C(=O)O. The normalized spacial score (nSPS) is 11.6. The van der Waals surface area contributed by atoms with E-state index in [0.717, 1.165) is 12.8 Å². The van der Waals surface area contributed by atoms with E-state index in [0.29, 0.717) is 6.42 Å². The minimum absolute atomic E-state index is 0.186. The van der Waals surface area contributed by atoms with Crippen molar-refractivity contribution >= 4 is 17.9 Å². The third-order valence-electron chi connectivity index (χ3n) is 2.34. The van der Waals surface area contributed by atoms with Crippen molar-refractivity contribution in [3.8, 4) is 0 Å². The van der Waals surface area contributed by atoms with Gasteiger partial charge in [0, 0.05) is 5.57 Å². The van der Waals surface area contributed by atoms with E-state index < -0.39 is 30.2 Å². The van der Waals surface area contributed by atoms with Crippen molar-refractivity contribution in [2.45, 2.75) is 32.6 Å². The molecule has 6 nitrogen and oxygen atoms in total. The summed E-state index contributed by atoms with van der Waals surface area (Å²) in [4.78, 5) is 32.8. The lowest BCUT2D eigenvalue weighted by molar-refractivity contribution is -0.149. The van der Waals surface area contributed by atoms with Crippen LogP contribution in [0.4, 0.5) is 0 Å². The number of aliphatic carboxylic acids is 2. The van der Waals surface area contributed by atoms with Crippen LogP contribution in [0.5, 0.6) is 0 Å². The maximum absolute atomic E-state index is 11.5. The van der Waals surface area contributed by atoms with Gasteiger partial charge in [0.1, 0.15) is 0 Å². The molecular weight excluding hydrogens is 240 g/mol. The molecule has 0 saturated heterocycles. The van der Waals surface area contributed by atoms with Gasteiger partial charge < -0.3 is 14.9 Å². The van der Waals surface area contributed by atoms with E-state index in [1.165, 1.54) is 0 Å². The molecule has 0 radical (unpaired) electrons. The smallest absolute Gasteiger partial charge is 0.334 e. The van der Waals surface area contributed by atoms with Crippen molar-refractivity contribution in [3.63, 3.8) is 0 Å². The van der Waals surface area contributed by atoms with E-state index in [-0.39, 0.29) is 12.2 Å². The van der Waals surface area contributed by atoms with E-state index in [4.69, 9.17) is 14.9 Å². The second kappa shape index (κ2) is 8.27. The summed E-state index contributed by atoms with van der Waals surface area (Å²) >= 11 is 0. The quantitative estimate of drug-likeness (QED) is 0.369. The summed E-state index contributed by atoms with van der Waals surface area (Å²) < 4.78 is 4.82. The average Bonchev–Trinajstić information content (AvgIpc) is 2.30. The molecule has 18 heavy (non-hydrogen) atoms. The van der Waals surface area contributed by atoms with Crippen LogP contribution in [0.3, 0.4) is 0 Å². The molecule has 0 fully saturated rings. The van der Waals surface area contributed by atoms with Gasteiger partial charge in [0.25, 0.3) is 0 Å². The summed E-state index contributed by atoms with van der Waals surface area (Å²) in [7, 11) is 0. The topological polar surface area (TPSA) is 101 Å². The summed E-state index contributed by atoms with van der Waals surface area (Å²) in [6.45, 7) is 5.49. The molecule has 0 amide bonds. The van der Waals surface area contributed by atoms with Crippen molar-refractivity contribution in [2.24, 2.45) is 5.92 Å². The van der Waals surface area contributed by atoms with Crippen molar-refractivity contribution in [3.05, 3.63) is 12.2 Å². The zero-order chi connectivity index (χ0) is 14.1. The number of unbranched alkanes of at least 4 members (excludes halogenated alkanes) is 2. The Balaban J connectivity index is 4.34. The van der Waals surface area contributed by atoms with E-state index >= 15 is 0 Å². The first-order chi connectivity index (χ1) is 8.40. The molecule has 6 heteroatoms. The van der Waals surface area contributed by atoms with Crippen LogP contribution in [0, 0.1) is 5.92 Å². The standard InChI is InChI=1S/C12H18O6/c1-3-4-5-6-18-12(17)8(2)9(11(15)16)7-10(13)14/h9H,2-7H2,1H3,(H,13,14)(H,15,16). The van der Waals surface area contributed by atoms with Gasteiger partial charge in [-0.05, 0) is 6.42 Å². The lowest BCUT2D eigenvalue weighted by atomic mass is 9.97. The number of hydrogen-bond donors (Lipinski definition) is 2. The lowest BCUT2D eigenvalue weighted by Crippen LogP contribution is -2.25. The highest BCUT2D eigenvalue weighted by molar-refractivity contribution is 5.96. The molecule has 0 aliphatic heterocycles. The highest BCUT2D eigenvalue weighted by Gasteiger charge is 2.29. The van der Waals surface area contributed by atoms with Crippen LogP contribution >= 0.6 is 0 Å².